The number of pyridine rings is 1. The third-order valence-corrected chi connectivity index (χ3v) is 3.97. The van der Waals surface area contributed by atoms with E-state index in [2.05, 4.69) is 10.3 Å². The molecule has 2 unspecified atom stereocenters. The minimum Gasteiger partial charge on any atom is -0.362 e. The molecule has 0 saturated carbocycles. The molecule has 1 N–H and O–H groups in total. The number of rotatable bonds is 2. The first kappa shape index (κ1) is 14.2. The molecular weight excluding hydrogens is 301 g/mol. The van der Waals surface area contributed by atoms with E-state index in [0.717, 1.165) is 29.8 Å². The van der Waals surface area contributed by atoms with Crippen LogP contribution in [0, 0.1) is 0 Å². The second-order valence-corrected chi connectivity index (χ2v) is 5.53. The zero-order valence-electron chi connectivity index (χ0n) is 10.9. The van der Waals surface area contributed by atoms with Crippen LogP contribution in [-0.4, -0.2) is 10.4 Å². The van der Waals surface area contributed by atoms with Gasteiger partial charge in [-0.15, -0.1) is 11.6 Å². The number of hydrogen-bond acceptors (Lipinski definition) is 2. The summed E-state index contributed by atoms with van der Waals surface area (Å²) in [6, 6.07) is 10.0. The number of fused-ring (bicyclic) bond motifs is 1. The number of hydrogen-bond donors (Lipinski definition) is 1. The van der Waals surface area contributed by atoms with Crippen LogP contribution in [0.5, 0.6) is 0 Å². The Morgan fingerprint density at radius 3 is 2.57 bits per heavy atom. The summed E-state index contributed by atoms with van der Waals surface area (Å²) in [7, 11) is 0. The van der Waals surface area contributed by atoms with Crippen LogP contribution in [0.1, 0.15) is 22.7 Å². The molecule has 1 aliphatic rings. The van der Waals surface area contributed by atoms with E-state index in [1.54, 1.807) is 0 Å². The Balaban J connectivity index is 1.81. The van der Waals surface area contributed by atoms with E-state index >= 15 is 0 Å². The molecule has 110 valence electrons. The Kier molecular flexibility index (Phi) is 3.53. The van der Waals surface area contributed by atoms with Crippen molar-refractivity contribution < 1.29 is 13.2 Å². The summed E-state index contributed by atoms with van der Waals surface area (Å²) in [6.45, 7) is 0. The molecule has 2 nitrogen and oxygen atoms in total. The molecule has 0 saturated heterocycles. The standard InChI is InChI=1S/C15H12ClF3N2/c16-12-7-9-3-1-2-4-11(9)14(12)21-13-6-5-10(8-20-13)15(17,18)19/h1-6,8,12,14H,7H2,(H,20,21). The van der Waals surface area contributed by atoms with Crippen LogP contribution in [-0.2, 0) is 12.6 Å². The second kappa shape index (κ2) is 5.22. The van der Waals surface area contributed by atoms with E-state index in [0.29, 0.717) is 5.82 Å². The van der Waals surface area contributed by atoms with E-state index in [4.69, 9.17) is 11.6 Å². The number of nitrogens with zero attached hydrogens (tertiary/aromatic N) is 1. The van der Waals surface area contributed by atoms with Gasteiger partial charge >= 0.3 is 6.18 Å². The molecule has 0 aliphatic heterocycles. The molecule has 6 heteroatoms. The molecule has 0 fully saturated rings. The number of halogens is 4. The van der Waals surface area contributed by atoms with Gasteiger partial charge in [0.2, 0.25) is 0 Å². The fraction of sp³-hybridized carbons (Fsp3) is 0.267. The van der Waals surface area contributed by atoms with Crippen molar-refractivity contribution in [1.29, 1.82) is 0 Å². The van der Waals surface area contributed by atoms with Gasteiger partial charge in [0.25, 0.3) is 0 Å². The summed E-state index contributed by atoms with van der Waals surface area (Å²) in [6.07, 6.45) is -2.82. The van der Waals surface area contributed by atoms with Crippen molar-refractivity contribution in [2.45, 2.75) is 24.0 Å². The Morgan fingerprint density at radius 1 is 1.14 bits per heavy atom. The Bertz CT molecular complexity index is 640. The van der Waals surface area contributed by atoms with Gasteiger partial charge in [0, 0.05) is 6.20 Å². The summed E-state index contributed by atoms with van der Waals surface area (Å²) in [4.78, 5) is 3.83. The molecule has 0 spiro atoms. The predicted octanol–water partition coefficient (Wildman–Crippen LogP) is 4.42. The molecule has 0 radical (unpaired) electrons. The smallest absolute Gasteiger partial charge is 0.362 e. The number of aromatic nitrogens is 1. The van der Waals surface area contributed by atoms with Crippen molar-refractivity contribution >= 4 is 17.4 Å². The average molecular weight is 313 g/mol. The number of nitrogens with one attached hydrogen (secondary N) is 1. The lowest BCUT2D eigenvalue weighted by molar-refractivity contribution is -0.137. The largest absolute Gasteiger partial charge is 0.417 e. The van der Waals surface area contributed by atoms with E-state index in [1.165, 1.54) is 6.07 Å². The Labute approximate surface area is 125 Å². The second-order valence-electron chi connectivity index (χ2n) is 4.97. The highest BCUT2D eigenvalue weighted by Crippen LogP contribution is 2.37. The monoisotopic (exact) mass is 312 g/mol. The summed E-state index contributed by atoms with van der Waals surface area (Å²) < 4.78 is 37.5. The van der Waals surface area contributed by atoms with Gasteiger partial charge in [-0.3, -0.25) is 0 Å². The molecular formula is C15H12ClF3N2. The average Bonchev–Trinajstić information content (AvgIpc) is 2.75. The predicted molar refractivity (Wildman–Crippen MR) is 75.4 cm³/mol. The van der Waals surface area contributed by atoms with Crippen LogP contribution in [0.25, 0.3) is 0 Å². The molecule has 2 aromatic rings. The van der Waals surface area contributed by atoms with Crippen molar-refractivity contribution in [2.24, 2.45) is 0 Å². The fourth-order valence-electron chi connectivity index (χ4n) is 2.52. The molecule has 0 bridgehead atoms. The van der Waals surface area contributed by atoms with Crippen LogP contribution in [0.4, 0.5) is 19.0 Å². The normalized spacial score (nSPS) is 21.1. The highest BCUT2D eigenvalue weighted by Gasteiger charge is 2.32. The van der Waals surface area contributed by atoms with Crippen molar-refractivity contribution in [3.63, 3.8) is 0 Å². The van der Waals surface area contributed by atoms with Crippen LogP contribution in [0.15, 0.2) is 42.6 Å². The van der Waals surface area contributed by atoms with Crippen molar-refractivity contribution in [3.8, 4) is 0 Å². The molecule has 1 aromatic carbocycles. The summed E-state index contributed by atoms with van der Waals surface area (Å²) in [5.74, 6) is 0.385. The Hall–Kier alpha value is -1.75. The van der Waals surface area contributed by atoms with Gasteiger partial charge in [0.05, 0.1) is 17.0 Å². The highest BCUT2D eigenvalue weighted by molar-refractivity contribution is 6.21. The molecule has 1 heterocycles. The first-order chi connectivity index (χ1) is 9.95. The fourth-order valence-corrected chi connectivity index (χ4v) is 2.89. The summed E-state index contributed by atoms with van der Waals surface area (Å²) >= 11 is 6.33. The van der Waals surface area contributed by atoms with Gasteiger partial charge < -0.3 is 5.32 Å². The molecule has 0 amide bonds. The number of alkyl halides is 4. The minimum atomic E-state index is -4.37. The number of anilines is 1. The van der Waals surface area contributed by atoms with Gasteiger partial charge in [-0.05, 0) is 29.7 Å². The molecule has 21 heavy (non-hydrogen) atoms. The van der Waals surface area contributed by atoms with E-state index in [1.807, 2.05) is 24.3 Å². The maximum Gasteiger partial charge on any atom is 0.417 e. The van der Waals surface area contributed by atoms with Crippen LogP contribution >= 0.6 is 11.6 Å². The lowest BCUT2D eigenvalue weighted by Gasteiger charge is -2.18. The quantitative estimate of drug-likeness (QED) is 0.830. The molecule has 1 aliphatic carbocycles. The van der Waals surface area contributed by atoms with E-state index in [-0.39, 0.29) is 11.4 Å². The molecule has 3 rings (SSSR count). The third kappa shape index (κ3) is 2.83. The van der Waals surface area contributed by atoms with Gasteiger partial charge in [0.15, 0.2) is 0 Å². The van der Waals surface area contributed by atoms with Gasteiger partial charge in [0.1, 0.15) is 5.82 Å². The van der Waals surface area contributed by atoms with E-state index in [9.17, 15) is 13.2 Å². The third-order valence-electron chi connectivity index (χ3n) is 3.56. The van der Waals surface area contributed by atoms with Gasteiger partial charge in [-0.1, -0.05) is 24.3 Å². The minimum absolute atomic E-state index is 0.146. The topological polar surface area (TPSA) is 24.9 Å². The zero-order chi connectivity index (χ0) is 15.0. The van der Waals surface area contributed by atoms with E-state index < -0.39 is 11.7 Å². The summed E-state index contributed by atoms with van der Waals surface area (Å²) in [5, 5.41) is 2.97. The lowest BCUT2D eigenvalue weighted by atomic mass is 10.1. The SMILES string of the molecule is FC(F)(F)c1ccc(NC2c3ccccc3CC2Cl)nc1. The molecule has 2 atom stereocenters. The highest BCUT2D eigenvalue weighted by atomic mass is 35.5. The van der Waals surface area contributed by atoms with Gasteiger partial charge in [-0.2, -0.15) is 13.2 Å². The zero-order valence-corrected chi connectivity index (χ0v) is 11.6. The lowest BCUT2D eigenvalue weighted by Crippen LogP contribution is -2.17. The maximum absolute atomic E-state index is 12.5. The summed E-state index contributed by atoms with van der Waals surface area (Å²) in [5.41, 5.74) is 1.46. The van der Waals surface area contributed by atoms with Gasteiger partial charge in [-0.25, -0.2) is 4.98 Å². The maximum atomic E-state index is 12.5. The van der Waals surface area contributed by atoms with Crippen LogP contribution in [0.3, 0.4) is 0 Å². The first-order valence-electron chi connectivity index (χ1n) is 6.47. The first-order valence-corrected chi connectivity index (χ1v) is 6.90. The number of benzene rings is 1. The van der Waals surface area contributed by atoms with Crippen molar-refractivity contribution in [1.82, 2.24) is 4.98 Å². The molecule has 1 aromatic heterocycles. The van der Waals surface area contributed by atoms with Crippen LogP contribution < -0.4 is 5.32 Å². The van der Waals surface area contributed by atoms with Crippen molar-refractivity contribution in [3.05, 3.63) is 59.3 Å². The Morgan fingerprint density at radius 2 is 1.90 bits per heavy atom. The van der Waals surface area contributed by atoms with Crippen molar-refractivity contribution in [2.75, 3.05) is 5.32 Å². The van der Waals surface area contributed by atoms with Crippen LogP contribution in [0.2, 0.25) is 0 Å².